The van der Waals surface area contributed by atoms with Gasteiger partial charge in [0, 0.05) is 18.9 Å². The Bertz CT molecular complexity index is 248. The van der Waals surface area contributed by atoms with Gasteiger partial charge in [0.05, 0.1) is 7.11 Å². The molecule has 12 heavy (non-hydrogen) atoms. The van der Waals surface area contributed by atoms with E-state index in [0.29, 0.717) is 6.54 Å². The van der Waals surface area contributed by atoms with Crippen LogP contribution in [-0.2, 0) is 11.3 Å². The van der Waals surface area contributed by atoms with Crippen LogP contribution in [0.4, 0.5) is 4.79 Å². The molecular weight excluding hydrogens is 156 g/mol. The Balaban J connectivity index is 2.38. The molecule has 0 fully saturated rings. The van der Waals surface area contributed by atoms with Crippen molar-refractivity contribution in [3.05, 3.63) is 30.1 Å². The maximum atomic E-state index is 10.6. The molecule has 0 saturated carbocycles. The van der Waals surface area contributed by atoms with Crippen molar-refractivity contribution in [1.29, 1.82) is 0 Å². The van der Waals surface area contributed by atoms with E-state index in [1.165, 1.54) is 7.11 Å². The standard InChI is InChI=1S/C8H10N2O2/c1-12-8(11)10-6-7-2-4-9-5-3-7/h2-5H,6H2,1H3,(H,10,11). The van der Waals surface area contributed by atoms with Crippen LogP contribution in [0.1, 0.15) is 5.56 Å². The number of aromatic nitrogens is 1. The van der Waals surface area contributed by atoms with Crippen molar-refractivity contribution in [1.82, 2.24) is 10.3 Å². The van der Waals surface area contributed by atoms with E-state index in [1.54, 1.807) is 12.4 Å². The monoisotopic (exact) mass is 166 g/mol. The lowest BCUT2D eigenvalue weighted by atomic mass is 10.3. The summed E-state index contributed by atoms with van der Waals surface area (Å²) in [6.07, 6.45) is 2.93. The summed E-state index contributed by atoms with van der Waals surface area (Å²) in [4.78, 5) is 14.5. The molecule has 0 aliphatic carbocycles. The number of hydrogen-bond acceptors (Lipinski definition) is 3. The number of nitrogens with zero attached hydrogens (tertiary/aromatic N) is 1. The zero-order valence-electron chi connectivity index (χ0n) is 6.78. The largest absolute Gasteiger partial charge is 0.453 e. The SMILES string of the molecule is COC(=O)NCc1ccncc1. The second-order valence-corrected chi connectivity index (χ2v) is 2.20. The van der Waals surface area contributed by atoms with E-state index >= 15 is 0 Å². The molecule has 1 heterocycles. The third-order valence-electron chi connectivity index (χ3n) is 1.37. The molecule has 1 aromatic rings. The fraction of sp³-hybridized carbons (Fsp3) is 0.250. The second-order valence-electron chi connectivity index (χ2n) is 2.20. The van der Waals surface area contributed by atoms with E-state index in [-0.39, 0.29) is 0 Å². The van der Waals surface area contributed by atoms with Gasteiger partial charge >= 0.3 is 6.09 Å². The Morgan fingerprint density at radius 3 is 2.83 bits per heavy atom. The van der Waals surface area contributed by atoms with Crippen LogP contribution >= 0.6 is 0 Å². The lowest BCUT2D eigenvalue weighted by Gasteiger charge is -2.02. The predicted molar refractivity (Wildman–Crippen MR) is 43.5 cm³/mol. The molecule has 0 atom stereocenters. The zero-order valence-corrected chi connectivity index (χ0v) is 6.78. The Morgan fingerprint density at radius 1 is 1.58 bits per heavy atom. The fourth-order valence-electron chi connectivity index (χ4n) is 0.747. The molecule has 1 aromatic heterocycles. The molecule has 4 heteroatoms. The maximum absolute atomic E-state index is 10.6. The first kappa shape index (κ1) is 8.52. The topological polar surface area (TPSA) is 51.2 Å². The highest BCUT2D eigenvalue weighted by Gasteiger charge is 1.96. The minimum atomic E-state index is -0.424. The smallest absolute Gasteiger partial charge is 0.407 e. The first-order valence-electron chi connectivity index (χ1n) is 3.53. The summed E-state index contributed by atoms with van der Waals surface area (Å²) in [6.45, 7) is 0.467. The average Bonchev–Trinajstić information content (AvgIpc) is 2.16. The van der Waals surface area contributed by atoms with Crippen LogP contribution in [0.3, 0.4) is 0 Å². The number of ether oxygens (including phenoxy) is 1. The van der Waals surface area contributed by atoms with Crippen LogP contribution in [0, 0.1) is 0 Å². The molecule has 4 nitrogen and oxygen atoms in total. The Labute approximate surface area is 70.6 Å². The highest BCUT2D eigenvalue weighted by Crippen LogP contribution is 1.94. The lowest BCUT2D eigenvalue weighted by molar-refractivity contribution is 0.170. The molecule has 64 valence electrons. The van der Waals surface area contributed by atoms with E-state index in [1.807, 2.05) is 12.1 Å². The minimum absolute atomic E-state index is 0.424. The van der Waals surface area contributed by atoms with Gasteiger partial charge in [-0.25, -0.2) is 4.79 Å². The molecular formula is C8H10N2O2. The number of carbonyl (C=O) groups excluding carboxylic acids is 1. The molecule has 1 rings (SSSR count). The van der Waals surface area contributed by atoms with Gasteiger partial charge in [-0.2, -0.15) is 0 Å². The lowest BCUT2D eigenvalue weighted by Crippen LogP contribution is -2.22. The molecule has 0 spiro atoms. The number of rotatable bonds is 2. The maximum Gasteiger partial charge on any atom is 0.407 e. The van der Waals surface area contributed by atoms with E-state index in [9.17, 15) is 4.79 Å². The minimum Gasteiger partial charge on any atom is -0.453 e. The van der Waals surface area contributed by atoms with Crippen LogP contribution in [-0.4, -0.2) is 18.2 Å². The molecule has 0 saturated heterocycles. The second kappa shape index (κ2) is 4.33. The van der Waals surface area contributed by atoms with Gasteiger partial charge in [-0.05, 0) is 17.7 Å². The van der Waals surface area contributed by atoms with Gasteiger partial charge in [0.1, 0.15) is 0 Å². The highest BCUT2D eigenvalue weighted by atomic mass is 16.5. The highest BCUT2D eigenvalue weighted by molar-refractivity contribution is 5.66. The van der Waals surface area contributed by atoms with Gasteiger partial charge in [-0.3, -0.25) is 4.98 Å². The number of nitrogens with one attached hydrogen (secondary N) is 1. The van der Waals surface area contributed by atoms with E-state index in [0.717, 1.165) is 5.56 Å². The summed E-state index contributed by atoms with van der Waals surface area (Å²) < 4.78 is 4.41. The number of hydrogen-bond donors (Lipinski definition) is 1. The quantitative estimate of drug-likeness (QED) is 0.711. The number of amides is 1. The van der Waals surface area contributed by atoms with Crippen molar-refractivity contribution >= 4 is 6.09 Å². The zero-order chi connectivity index (χ0) is 8.81. The number of carbonyl (C=O) groups is 1. The Morgan fingerprint density at radius 2 is 2.25 bits per heavy atom. The molecule has 0 radical (unpaired) electrons. The van der Waals surface area contributed by atoms with Gasteiger partial charge in [0.2, 0.25) is 0 Å². The summed E-state index contributed by atoms with van der Waals surface area (Å²) in [6, 6.07) is 3.66. The number of pyridine rings is 1. The van der Waals surface area contributed by atoms with Crippen molar-refractivity contribution in [3.8, 4) is 0 Å². The molecule has 0 aliphatic heterocycles. The Hall–Kier alpha value is -1.58. The van der Waals surface area contributed by atoms with E-state index < -0.39 is 6.09 Å². The third-order valence-corrected chi connectivity index (χ3v) is 1.37. The molecule has 0 aliphatic rings. The van der Waals surface area contributed by atoms with Crippen LogP contribution < -0.4 is 5.32 Å². The van der Waals surface area contributed by atoms with Crippen molar-refractivity contribution in [2.75, 3.05) is 7.11 Å². The van der Waals surface area contributed by atoms with Crippen LogP contribution in [0.5, 0.6) is 0 Å². The van der Waals surface area contributed by atoms with Crippen molar-refractivity contribution in [2.45, 2.75) is 6.54 Å². The summed E-state index contributed by atoms with van der Waals surface area (Å²) >= 11 is 0. The molecule has 1 amide bonds. The first-order chi connectivity index (χ1) is 5.83. The van der Waals surface area contributed by atoms with Gasteiger partial charge in [-0.15, -0.1) is 0 Å². The summed E-state index contributed by atoms with van der Waals surface area (Å²) in [5.41, 5.74) is 0.996. The van der Waals surface area contributed by atoms with Gasteiger partial charge < -0.3 is 10.1 Å². The van der Waals surface area contributed by atoms with Gasteiger partial charge in [0.15, 0.2) is 0 Å². The van der Waals surface area contributed by atoms with Crippen molar-refractivity contribution in [3.63, 3.8) is 0 Å². The van der Waals surface area contributed by atoms with Crippen molar-refractivity contribution in [2.24, 2.45) is 0 Å². The predicted octanol–water partition coefficient (Wildman–Crippen LogP) is 0.938. The molecule has 0 bridgehead atoms. The van der Waals surface area contributed by atoms with Gasteiger partial charge in [0.25, 0.3) is 0 Å². The van der Waals surface area contributed by atoms with E-state index in [4.69, 9.17) is 0 Å². The van der Waals surface area contributed by atoms with Crippen LogP contribution in [0.2, 0.25) is 0 Å². The molecule has 0 aromatic carbocycles. The Kier molecular flexibility index (Phi) is 3.07. The third kappa shape index (κ3) is 2.57. The number of alkyl carbamates (subject to hydrolysis) is 1. The molecule has 1 N–H and O–H groups in total. The number of methoxy groups -OCH3 is 1. The summed E-state index contributed by atoms with van der Waals surface area (Å²) in [7, 11) is 1.34. The molecule has 0 unspecified atom stereocenters. The first-order valence-corrected chi connectivity index (χ1v) is 3.53. The summed E-state index contributed by atoms with van der Waals surface area (Å²) in [5, 5.41) is 2.56. The average molecular weight is 166 g/mol. The van der Waals surface area contributed by atoms with Crippen molar-refractivity contribution < 1.29 is 9.53 Å². The van der Waals surface area contributed by atoms with Gasteiger partial charge in [-0.1, -0.05) is 0 Å². The van der Waals surface area contributed by atoms with Crippen LogP contribution in [0.15, 0.2) is 24.5 Å². The fourth-order valence-corrected chi connectivity index (χ4v) is 0.747. The van der Waals surface area contributed by atoms with Crippen LogP contribution in [0.25, 0.3) is 0 Å². The summed E-state index contributed by atoms with van der Waals surface area (Å²) in [5.74, 6) is 0. The van der Waals surface area contributed by atoms with E-state index in [2.05, 4.69) is 15.0 Å². The normalized spacial score (nSPS) is 9.08.